The van der Waals surface area contributed by atoms with E-state index in [1.807, 2.05) is 6.55 Å². The molecule has 0 rings (SSSR count). The van der Waals surface area contributed by atoms with E-state index < -0.39 is 39.8 Å². The van der Waals surface area contributed by atoms with Gasteiger partial charge in [0.05, 0.1) is 0 Å². The molecule has 166 valence electrons. The Balaban J connectivity index is 5.71. The fourth-order valence-corrected chi connectivity index (χ4v) is 28.3. The molecule has 0 aromatic carbocycles. The smallest absolute Gasteiger partial charge is 0.248 e. The highest BCUT2D eigenvalue weighted by atomic mass is 35.7. The van der Waals surface area contributed by atoms with E-state index >= 15 is 0 Å². The zero-order valence-corrected chi connectivity index (χ0v) is 26.6. The van der Waals surface area contributed by atoms with Gasteiger partial charge in [0.15, 0.2) is 16.6 Å². The van der Waals surface area contributed by atoms with Gasteiger partial charge in [-0.05, 0) is 51.2 Å². The molecular weight excluding hydrogens is 470 g/mol. The first kappa shape index (κ1) is 29.1. The quantitative estimate of drug-likeness (QED) is 0.183. The Kier molecular flexibility index (Phi) is 11.0. The molecular formula is C19H45Cl2NOSi5. The van der Waals surface area contributed by atoms with Gasteiger partial charge in [-0.1, -0.05) is 50.9 Å². The molecule has 28 heavy (non-hydrogen) atoms. The minimum absolute atomic E-state index is 0.485. The monoisotopic (exact) mass is 513 g/mol. The first-order valence-electron chi connectivity index (χ1n) is 10.5. The molecule has 0 fully saturated rings. The number of rotatable bonds is 13. The Morgan fingerprint density at radius 3 is 1.61 bits per heavy atom. The predicted octanol–water partition coefficient (Wildman–Crippen LogP) is 7.83. The Morgan fingerprint density at radius 1 is 0.857 bits per heavy atom. The maximum absolute atomic E-state index is 7.09. The predicted molar refractivity (Wildman–Crippen MR) is 145 cm³/mol. The van der Waals surface area contributed by atoms with Crippen molar-refractivity contribution in [2.24, 2.45) is 0 Å². The van der Waals surface area contributed by atoms with E-state index in [0.717, 1.165) is 24.9 Å². The maximum atomic E-state index is 7.09. The van der Waals surface area contributed by atoms with Gasteiger partial charge in [0.2, 0.25) is 6.69 Å². The molecule has 0 aliphatic heterocycles. The van der Waals surface area contributed by atoms with Crippen molar-refractivity contribution in [2.45, 2.75) is 96.4 Å². The van der Waals surface area contributed by atoms with Crippen molar-refractivity contribution in [3.8, 4) is 0 Å². The fourth-order valence-electron chi connectivity index (χ4n) is 4.38. The number of halogens is 2. The average Bonchev–Trinajstić information content (AvgIpc) is 2.48. The topological polar surface area (TPSA) is 12.5 Å². The highest BCUT2D eigenvalue weighted by Gasteiger charge is 2.49. The lowest BCUT2D eigenvalue weighted by Crippen LogP contribution is -2.71. The van der Waals surface area contributed by atoms with Gasteiger partial charge in [0.25, 0.3) is 0 Å². The number of hydrogen-bond donors (Lipinski definition) is 0. The summed E-state index contributed by atoms with van der Waals surface area (Å²) in [6.45, 7) is 30.0. The minimum Gasteiger partial charge on any atom is -0.454 e. The van der Waals surface area contributed by atoms with Crippen LogP contribution in [0.3, 0.4) is 0 Å². The molecule has 0 heterocycles. The molecule has 1 unspecified atom stereocenters. The van der Waals surface area contributed by atoms with Gasteiger partial charge in [-0.25, -0.2) is 0 Å². The summed E-state index contributed by atoms with van der Waals surface area (Å²) in [5.74, 6) is 0. The molecule has 0 spiro atoms. The van der Waals surface area contributed by atoms with Crippen LogP contribution in [0.15, 0.2) is 24.6 Å². The van der Waals surface area contributed by atoms with Crippen molar-refractivity contribution in [1.29, 1.82) is 0 Å². The molecule has 0 aliphatic rings. The fraction of sp³-hybridized carbons (Fsp3) is 0.789. The van der Waals surface area contributed by atoms with Gasteiger partial charge in [-0.2, -0.15) is 0 Å². The molecule has 1 atom stereocenters. The maximum Gasteiger partial charge on any atom is 0.248 e. The largest absolute Gasteiger partial charge is 0.454 e. The van der Waals surface area contributed by atoms with Crippen molar-refractivity contribution in [1.82, 2.24) is 4.23 Å². The average molecular weight is 515 g/mol. The SMILES string of the molecule is C=C[Si](C)(C)N(C(CC)[Si](C)(C)O[Si](C)(C)CCC[Si](C)(Cl)Cl)[Si](C)(C)C=C. The van der Waals surface area contributed by atoms with Gasteiger partial charge < -0.3 is 8.35 Å². The molecule has 0 aromatic heterocycles. The van der Waals surface area contributed by atoms with E-state index in [9.17, 15) is 0 Å². The Morgan fingerprint density at radius 2 is 1.29 bits per heavy atom. The van der Waals surface area contributed by atoms with Gasteiger partial charge in [-0.15, -0.1) is 35.3 Å². The molecule has 9 heteroatoms. The van der Waals surface area contributed by atoms with Crippen LogP contribution in [0, 0.1) is 0 Å². The second kappa shape index (κ2) is 10.6. The Bertz CT molecular complexity index is 513. The van der Waals surface area contributed by atoms with Crippen LogP contribution in [0.5, 0.6) is 0 Å². The van der Waals surface area contributed by atoms with Crippen molar-refractivity contribution in [2.75, 3.05) is 0 Å². The summed E-state index contributed by atoms with van der Waals surface area (Å²) in [4.78, 5) is 0. The highest BCUT2D eigenvalue weighted by molar-refractivity contribution is 7.44. The first-order chi connectivity index (χ1) is 12.4. The van der Waals surface area contributed by atoms with Crippen molar-refractivity contribution in [3.63, 3.8) is 0 Å². The van der Waals surface area contributed by atoms with E-state index in [4.69, 9.17) is 26.3 Å². The molecule has 0 saturated carbocycles. The summed E-state index contributed by atoms with van der Waals surface area (Å²) in [5.41, 5.74) is 4.94. The third-order valence-electron chi connectivity index (χ3n) is 5.68. The lowest BCUT2D eigenvalue weighted by molar-refractivity contribution is 0.442. The lowest BCUT2D eigenvalue weighted by atomic mass is 10.5. The van der Waals surface area contributed by atoms with Crippen molar-refractivity contribution >= 4 is 62.0 Å². The molecule has 2 nitrogen and oxygen atoms in total. The van der Waals surface area contributed by atoms with Crippen LogP contribution in [0.1, 0.15) is 19.8 Å². The van der Waals surface area contributed by atoms with Crippen molar-refractivity contribution in [3.05, 3.63) is 24.6 Å². The summed E-state index contributed by atoms with van der Waals surface area (Å²) < 4.78 is 9.95. The third kappa shape index (κ3) is 9.05. The van der Waals surface area contributed by atoms with Crippen LogP contribution in [-0.2, 0) is 4.12 Å². The normalized spacial score (nSPS) is 15.6. The lowest BCUT2D eigenvalue weighted by Gasteiger charge is -2.54. The van der Waals surface area contributed by atoms with Gasteiger partial charge in [0, 0.05) is 5.67 Å². The molecule has 0 bridgehead atoms. The zero-order valence-electron chi connectivity index (χ0n) is 20.1. The summed E-state index contributed by atoms with van der Waals surface area (Å²) in [6.07, 6.45) is 2.20. The molecule has 0 saturated heterocycles. The van der Waals surface area contributed by atoms with Gasteiger partial charge in [0.1, 0.15) is 16.5 Å². The molecule has 0 aromatic rings. The van der Waals surface area contributed by atoms with Gasteiger partial charge in [-0.3, -0.25) is 0 Å². The Hall–Kier alpha value is 1.06. The first-order valence-corrected chi connectivity index (χ1v) is 27.4. The Labute approximate surface area is 190 Å². The van der Waals surface area contributed by atoms with E-state index in [1.54, 1.807) is 0 Å². The molecule has 0 N–H and O–H groups in total. The molecule has 0 amide bonds. The minimum atomic E-state index is -2.02. The highest BCUT2D eigenvalue weighted by Crippen LogP contribution is 2.34. The van der Waals surface area contributed by atoms with Gasteiger partial charge >= 0.3 is 0 Å². The standard InChI is InChI=1S/C19H45Cl2NOSi5/c1-13-19(22(24(4,5)14-2)25(6,7)15-3)27(10,11)23-26(8,9)17-16-18-28(12,20)21/h14-15,19H,2-3,13,16-18H2,1,4-12H3. The zero-order chi connectivity index (χ0) is 22.6. The second-order valence-electron chi connectivity index (χ2n) is 10.4. The van der Waals surface area contributed by atoms with Crippen LogP contribution in [0.2, 0.25) is 71.0 Å². The van der Waals surface area contributed by atoms with E-state index in [-0.39, 0.29) is 0 Å². The summed E-state index contributed by atoms with van der Waals surface area (Å²) >= 11 is 12.6. The van der Waals surface area contributed by atoms with E-state index in [0.29, 0.717) is 5.67 Å². The summed E-state index contributed by atoms with van der Waals surface area (Å²) in [6, 6.07) is 2.08. The molecule has 0 radical (unpaired) electrons. The van der Waals surface area contributed by atoms with E-state index in [1.165, 1.54) is 0 Å². The number of nitrogens with zero attached hydrogens (tertiary/aromatic N) is 1. The van der Waals surface area contributed by atoms with E-state index in [2.05, 4.69) is 88.1 Å². The van der Waals surface area contributed by atoms with Crippen LogP contribution in [0.4, 0.5) is 0 Å². The second-order valence-corrected chi connectivity index (χ2v) is 36.2. The van der Waals surface area contributed by atoms with Crippen LogP contribution < -0.4 is 0 Å². The van der Waals surface area contributed by atoms with Crippen molar-refractivity contribution < 1.29 is 4.12 Å². The van der Waals surface area contributed by atoms with Crippen LogP contribution >= 0.6 is 22.2 Å². The van der Waals surface area contributed by atoms with Crippen LogP contribution in [-0.4, -0.2) is 49.7 Å². The number of hydrogen-bond acceptors (Lipinski definition) is 2. The molecule has 0 aliphatic carbocycles. The summed E-state index contributed by atoms with van der Waals surface area (Å²) in [7, 11) is -7.26. The van der Waals surface area contributed by atoms with Crippen LogP contribution in [0.25, 0.3) is 0 Å². The third-order valence-corrected chi connectivity index (χ3v) is 25.3. The summed E-state index contributed by atoms with van der Waals surface area (Å²) in [5, 5.41) is 0.